The number of carbonyl (C=O) groups excluding carboxylic acids is 3. The summed E-state index contributed by atoms with van der Waals surface area (Å²) in [5.41, 5.74) is 3.49. The number of nitrogens with zero attached hydrogens (tertiary/aromatic N) is 1. The Labute approximate surface area is 206 Å². The molecule has 3 amide bonds. The molecule has 0 bridgehead atoms. The SMILES string of the molecule is COc1ccc(NC(=O)C(=O)N/N=C\c2ccc(OCC(=O)Nc3ccc(F)cc3)cc2)c(OC)c1. The summed E-state index contributed by atoms with van der Waals surface area (Å²) in [7, 11) is 2.92. The van der Waals surface area contributed by atoms with Gasteiger partial charge in [0.25, 0.3) is 5.91 Å². The van der Waals surface area contributed by atoms with Crippen molar-refractivity contribution in [3.63, 3.8) is 0 Å². The molecule has 186 valence electrons. The molecule has 0 radical (unpaired) electrons. The lowest BCUT2D eigenvalue weighted by atomic mass is 10.2. The highest BCUT2D eigenvalue weighted by molar-refractivity contribution is 6.39. The van der Waals surface area contributed by atoms with Crippen molar-refractivity contribution in [3.8, 4) is 17.2 Å². The molecule has 11 heteroatoms. The third kappa shape index (κ3) is 7.55. The smallest absolute Gasteiger partial charge is 0.329 e. The number of hydrazone groups is 1. The molecule has 0 aliphatic carbocycles. The average Bonchev–Trinajstić information content (AvgIpc) is 2.89. The van der Waals surface area contributed by atoms with E-state index in [0.29, 0.717) is 34.2 Å². The molecule has 0 aliphatic heterocycles. The summed E-state index contributed by atoms with van der Waals surface area (Å²) in [5, 5.41) is 8.79. The Morgan fingerprint density at radius 2 is 1.56 bits per heavy atom. The average molecular weight is 494 g/mol. The fourth-order valence-corrected chi connectivity index (χ4v) is 2.83. The molecule has 10 nitrogen and oxygen atoms in total. The zero-order valence-electron chi connectivity index (χ0n) is 19.4. The van der Waals surface area contributed by atoms with Gasteiger partial charge in [0, 0.05) is 11.8 Å². The topological polar surface area (TPSA) is 127 Å². The minimum Gasteiger partial charge on any atom is -0.497 e. The van der Waals surface area contributed by atoms with Crippen LogP contribution in [-0.2, 0) is 14.4 Å². The normalized spacial score (nSPS) is 10.4. The van der Waals surface area contributed by atoms with E-state index in [1.807, 2.05) is 0 Å². The van der Waals surface area contributed by atoms with Crippen molar-refractivity contribution < 1.29 is 33.0 Å². The molecule has 0 aromatic heterocycles. The molecule has 0 fully saturated rings. The number of hydrogen-bond acceptors (Lipinski definition) is 7. The van der Waals surface area contributed by atoms with Crippen LogP contribution in [0.3, 0.4) is 0 Å². The molecule has 3 aromatic carbocycles. The van der Waals surface area contributed by atoms with E-state index in [-0.39, 0.29) is 6.61 Å². The van der Waals surface area contributed by atoms with Crippen molar-refractivity contribution in [2.45, 2.75) is 0 Å². The van der Waals surface area contributed by atoms with Crippen molar-refractivity contribution >= 4 is 35.3 Å². The molecule has 0 saturated carbocycles. The van der Waals surface area contributed by atoms with Crippen LogP contribution in [0.1, 0.15) is 5.56 Å². The first-order valence-corrected chi connectivity index (χ1v) is 10.5. The van der Waals surface area contributed by atoms with Gasteiger partial charge in [-0.1, -0.05) is 0 Å². The molecular weight excluding hydrogens is 471 g/mol. The number of hydrogen-bond donors (Lipinski definition) is 3. The van der Waals surface area contributed by atoms with Gasteiger partial charge in [0.05, 0.1) is 26.1 Å². The number of carbonyl (C=O) groups is 3. The number of rotatable bonds is 9. The maximum atomic E-state index is 12.9. The number of amides is 3. The fraction of sp³-hybridized carbons (Fsp3) is 0.120. The number of nitrogens with one attached hydrogen (secondary N) is 3. The van der Waals surface area contributed by atoms with Crippen LogP contribution in [-0.4, -0.2) is 44.8 Å². The lowest BCUT2D eigenvalue weighted by Gasteiger charge is -2.10. The van der Waals surface area contributed by atoms with Crippen molar-refractivity contribution in [2.24, 2.45) is 5.10 Å². The molecule has 0 atom stereocenters. The quantitative estimate of drug-likeness (QED) is 0.239. The van der Waals surface area contributed by atoms with Crippen LogP contribution in [0.15, 0.2) is 71.8 Å². The molecule has 3 N–H and O–H groups in total. The first-order chi connectivity index (χ1) is 17.4. The summed E-state index contributed by atoms with van der Waals surface area (Å²) in [6.45, 7) is -0.241. The molecule has 0 aliphatic rings. The van der Waals surface area contributed by atoms with Gasteiger partial charge in [-0.15, -0.1) is 0 Å². The van der Waals surface area contributed by atoms with Crippen LogP contribution >= 0.6 is 0 Å². The second-order valence-electron chi connectivity index (χ2n) is 7.13. The van der Waals surface area contributed by atoms with Crippen LogP contribution in [0.25, 0.3) is 0 Å². The Bertz CT molecular complexity index is 1250. The number of ether oxygens (including phenoxy) is 3. The zero-order valence-corrected chi connectivity index (χ0v) is 19.4. The fourth-order valence-electron chi connectivity index (χ4n) is 2.83. The highest BCUT2D eigenvalue weighted by Gasteiger charge is 2.15. The van der Waals surface area contributed by atoms with Gasteiger partial charge in [-0.3, -0.25) is 14.4 Å². The monoisotopic (exact) mass is 494 g/mol. The van der Waals surface area contributed by atoms with Crippen LogP contribution in [0.5, 0.6) is 17.2 Å². The predicted octanol–water partition coefficient (Wildman–Crippen LogP) is 2.95. The van der Waals surface area contributed by atoms with Crippen LogP contribution in [0, 0.1) is 5.82 Å². The van der Waals surface area contributed by atoms with Crippen molar-refractivity contribution in [2.75, 3.05) is 31.5 Å². The van der Waals surface area contributed by atoms with Gasteiger partial charge < -0.3 is 24.8 Å². The Kier molecular flexibility index (Phi) is 8.93. The highest BCUT2D eigenvalue weighted by Crippen LogP contribution is 2.28. The van der Waals surface area contributed by atoms with E-state index in [9.17, 15) is 18.8 Å². The van der Waals surface area contributed by atoms with Crippen LogP contribution < -0.4 is 30.3 Å². The molecule has 3 aromatic rings. The number of methoxy groups -OCH3 is 2. The largest absolute Gasteiger partial charge is 0.497 e. The molecule has 3 rings (SSSR count). The lowest BCUT2D eigenvalue weighted by Crippen LogP contribution is -2.32. The second-order valence-corrected chi connectivity index (χ2v) is 7.13. The van der Waals surface area contributed by atoms with E-state index in [1.165, 1.54) is 44.7 Å². The molecule has 0 heterocycles. The Morgan fingerprint density at radius 3 is 2.22 bits per heavy atom. The predicted molar refractivity (Wildman–Crippen MR) is 131 cm³/mol. The van der Waals surface area contributed by atoms with Crippen LogP contribution in [0.4, 0.5) is 15.8 Å². The van der Waals surface area contributed by atoms with Crippen molar-refractivity contribution in [3.05, 3.63) is 78.1 Å². The van der Waals surface area contributed by atoms with Gasteiger partial charge in [0.2, 0.25) is 0 Å². The first-order valence-electron chi connectivity index (χ1n) is 10.5. The maximum Gasteiger partial charge on any atom is 0.329 e. The number of anilines is 2. The second kappa shape index (κ2) is 12.5. The Balaban J connectivity index is 1.45. The summed E-state index contributed by atoms with van der Waals surface area (Å²) >= 11 is 0. The van der Waals surface area contributed by atoms with E-state index in [1.54, 1.807) is 42.5 Å². The van der Waals surface area contributed by atoms with Gasteiger partial charge in [-0.05, 0) is 66.2 Å². The molecule has 0 saturated heterocycles. The van der Waals surface area contributed by atoms with E-state index in [0.717, 1.165) is 0 Å². The minimum atomic E-state index is -0.976. The third-order valence-corrected chi connectivity index (χ3v) is 4.62. The third-order valence-electron chi connectivity index (χ3n) is 4.62. The number of halogens is 1. The molecule has 0 unspecified atom stereocenters. The van der Waals surface area contributed by atoms with E-state index in [2.05, 4.69) is 21.2 Å². The zero-order chi connectivity index (χ0) is 25.9. The first kappa shape index (κ1) is 25.7. The lowest BCUT2D eigenvalue weighted by molar-refractivity contribution is -0.136. The minimum absolute atomic E-state index is 0.241. The van der Waals surface area contributed by atoms with Gasteiger partial charge >= 0.3 is 11.8 Å². The van der Waals surface area contributed by atoms with E-state index >= 15 is 0 Å². The van der Waals surface area contributed by atoms with Gasteiger partial charge in [0.1, 0.15) is 23.1 Å². The summed E-state index contributed by atoms with van der Waals surface area (Å²) in [4.78, 5) is 36.1. The van der Waals surface area contributed by atoms with Crippen molar-refractivity contribution in [1.82, 2.24) is 5.43 Å². The van der Waals surface area contributed by atoms with E-state index < -0.39 is 23.5 Å². The molecule has 0 spiro atoms. The van der Waals surface area contributed by atoms with Gasteiger partial charge in [0.15, 0.2) is 6.61 Å². The van der Waals surface area contributed by atoms with E-state index in [4.69, 9.17) is 14.2 Å². The number of benzene rings is 3. The van der Waals surface area contributed by atoms with Gasteiger partial charge in [-0.25, -0.2) is 9.82 Å². The standard InChI is InChI=1S/C25H23FN4O6/c1-34-20-11-12-21(22(13-20)35-2)29-24(32)25(33)30-27-14-16-3-9-19(10-4-16)36-15-23(31)28-18-7-5-17(26)6-8-18/h3-14H,15H2,1-2H3,(H,28,31)(H,29,32)(H,30,33)/b27-14-. The highest BCUT2D eigenvalue weighted by atomic mass is 19.1. The maximum absolute atomic E-state index is 12.9. The molecule has 36 heavy (non-hydrogen) atoms. The molecular formula is C25H23FN4O6. The Hall–Kier alpha value is -4.93. The summed E-state index contributed by atoms with van der Waals surface area (Å²) in [6, 6.07) is 16.6. The van der Waals surface area contributed by atoms with Gasteiger partial charge in [-0.2, -0.15) is 5.10 Å². The summed E-state index contributed by atoms with van der Waals surface area (Å²) in [5.74, 6) is -1.42. The van der Waals surface area contributed by atoms with Crippen molar-refractivity contribution in [1.29, 1.82) is 0 Å². The summed E-state index contributed by atoms with van der Waals surface area (Å²) < 4.78 is 28.6. The van der Waals surface area contributed by atoms with Crippen LogP contribution in [0.2, 0.25) is 0 Å². The summed E-state index contributed by atoms with van der Waals surface area (Å²) in [6.07, 6.45) is 1.34. The Morgan fingerprint density at radius 1 is 0.861 bits per heavy atom.